The third-order valence-electron chi connectivity index (χ3n) is 5.72. The van der Waals surface area contributed by atoms with E-state index in [0.29, 0.717) is 37.0 Å². The van der Waals surface area contributed by atoms with Crippen molar-refractivity contribution in [3.63, 3.8) is 0 Å². The second kappa shape index (κ2) is 7.55. The topological polar surface area (TPSA) is 108 Å². The monoisotopic (exact) mass is 410 g/mol. The van der Waals surface area contributed by atoms with Crippen LogP contribution in [0.1, 0.15) is 31.4 Å². The Balaban J connectivity index is 1.82. The average Bonchev–Trinajstić information content (AvgIpc) is 3.31. The summed E-state index contributed by atoms with van der Waals surface area (Å²) in [5.41, 5.74) is 8.18. The second-order valence-electron chi connectivity index (χ2n) is 7.55. The van der Waals surface area contributed by atoms with Gasteiger partial charge in [0, 0.05) is 16.8 Å². The Kier molecular flexibility index (Phi) is 5.08. The summed E-state index contributed by atoms with van der Waals surface area (Å²) in [6, 6.07) is 17.3. The average molecular weight is 410 g/mol. The van der Waals surface area contributed by atoms with Crippen LogP contribution in [-0.2, 0) is 15.6 Å². The van der Waals surface area contributed by atoms with E-state index in [-0.39, 0.29) is 10.8 Å². The predicted molar refractivity (Wildman–Crippen MR) is 111 cm³/mol. The molecule has 0 spiro atoms. The van der Waals surface area contributed by atoms with Crippen molar-refractivity contribution in [2.24, 2.45) is 11.0 Å². The molecule has 1 N–H and O–H groups in total. The second-order valence-corrected chi connectivity index (χ2v) is 9.34. The third-order valence-corrected chi connectivity index (χ3v) is 7.46. The molecule has 0 saturated heterocycles. The number of hydrogen-bond donors (Lipinski definition) is 1. The summed E-state index contributed by atoms with van der Waals surface area (Å²) in [5, 5.41) is 15.8. The van der Waals surface area contributed by atoms with E-state index >= 15 is 0 Å². The van der Waals surface area contributed by atoms with Crippen LogP contribution in [0, 0.1) is 5.92 Å². The van der Waals surface area contributed by atoms with Gasteiger partial charge in [-0.25, -0.2) is 12.4 Å². The fourth-order valence-corrected chi connectivity index (χ4v) is 5.92. The van der Waals surface area contributed by atoms with E-state index in [1.165, 1.54) is 3.97 Å². The first kappa shape index (κ1) is 19.5. The minimum atomic E-state index is -3.88. The van der Waals surface area contributed by atoms with E-state index in [4.69, 9.17) is 5.53 Å². The Labute approximate surface area is 169 Å². The largest absolute Gasteiger partial charge is 0.384 e. The number of aliphatic hydroxyl groups is 1. The molecule has 1 heterocycles. The fourth-order valence-electron chi connectivity index (χ4n) is 4.30. The SMILES string of the molecule is [N-]=[N+]=NCCC1CCC(O)(c2cc3ccccc3n2S(=O)(=O)c2ccccc2)C1. The lowest BCUT2D eigenvalue weighted by Crippen LogP contribution is -2.28. The van der Waals surface area contributed by atoms with Gasteiger partial charge in [0.05, 0.1) is 16.1 Å². The number of hydrogen-bond acceptors (Lipinski definition) is 4. The van der Waals surface area contributed by atoms with Gasteiger partial charge >= 0.3 is 0 Å². The normalized spacial score (nSPS) is 21.9. The van der Waals surface area contributed by atoms with Crippen molar-refractivity contribution in [2.75, 3.05) is 6.54 Å². The quantitative estimate of drug-likeness (QED) is 0.365. The number of fused-ring (bicyclic) bond motifs is 1. The molecule has 1 aromatic heterocycles. The zero-order valence-electron chi connectivity index (χ0n) is 15.8. The van der Waals surface area contributed by atoms with Gasteiger partial charge in [-0.2, -0.15) is 0 Å². The standard InChI is InChI=1S/C21H22N4O3S/c22-24-23-13-11-16-10-12-21(26,15-16)20-14-17-6-4-5-9-19(17)25(20)29(27,28)18-7-2-1-3-8-18/h1-9,14,16,26H,10-13,15H2. The summed E-state index contributed by atoms with van der Waals surface area (Å²) < 4.78 is 28.3. The van der Waals surface area contributed by atoms with Gasteiger partial charge in [-0.15, -0.1) is 0 Å². The smallest absolute Gasteiger partial charge is 0.268 e. The Bertz CT molecular complexity index is 1180. The van der Waals surface area contributed by atoms with Crippen LogP contribution in [-0.4, -0.2) is 24.0 Å². The molecule has 8 heteroatoms. The zero-order chi connectivity index (χ0) is 20.5. The van der Waals surface area contributed by atoms with E-state index < -0.39 is 15.6 Å². The Hall–Kier alpha value is -2.80. The van der Waals surface area contributed by atoms with E-state index in [1.54, 1.807) is 48.5 Å². The lowest BCUT2D eigenvalue weighted by molar-refractivity contribution is 0.0348. The Morgan fingerprint density at radius 3 is 2.66 bits per heavy atom. The van der Waals surface area contributed by atoms with E-state index in [9.17, 15) is 13.5 Å². The zero-order valence-corrected chi connectivity index (χ0v) is 16.7. The molecule has 1 aliphatic rings. The summed E-state index contributed by atoms with van der Waals surface area (Å²) in [4.78, 5) is 2.96. The minimum absolute atomic E-state index is 0.177. The van der Waals surface area contributed by atoms with E-state index in [1.807, 2.05) is 12.1 Å². The molecule has 1 aliphatic carbocycles. The number of benzene rings is 2. The molecule has 0 amide bonds. The molecule has 0 bridgehead atoms. The maximum absolute atomic E-state index is 13.5. The molecule has 1 fully saturated rings. The van der Waals surface area contributed by atoms with Crippen molar-refractivity contribution < 1.29 is 13.5 Å². The lowest BCUT2D eigenvalue weighted by atomic mass is 9.95. The van der Waals surface area contributed by atoms with Crippen LogP contribution in [0.3, 0.4) is 0 Å². The van der Waals surface area contributed by atoms with Crippen LogP contribution >= 0.6 is 0 Å². The molecule has 29 heavy (non-hydrogen) atoms. The Morgan fingerprint density at radius 1 is 1.17 bits per heavy atom. The number of rotatable bonds is 6. The molecule has 2 aromatic carbocycles. The van der Waals surface area contributed by atoms with Gasteiger partial charge in [-0.3, -0.25) is 0 Å². The van der Waals surface area contributed by atoms with Gasteiger partial charge in [0.15, 0.2) is 0 Å². The lowest BCUT2D eigenvalue weighted by Gasteiger charge is -2.25. The molecule has 2 unspecified atom stereocenters. The molecule has 0 aliphatic heterocycles. The van der Waals surface area contributed by atoms with Gasteiger partial charge in [0.1, 0.15) is 5.60 Å². The molecule has 0 radical (unpaired) electrons. The fraction of sp³-hybridized carbons (Fsp3) is 0.333. The first-order chi connectivity index (χ1) is 14.0. The maximum atomic E-state index is 13.5. The molecule has 1 saturated carbocycles. The van der Waals surface area contributed by atoms with Crippen molar-refractivity contribution in [2.45, 2.75) is 36.2 Å². The van der Waals surface area contributed by atoms with Crippen LogP contribution < -0.4 is 0 Å². The highest BCUT2D eigenvalue weighted by Gasteiger charge is 2.42. The molecule has 3 aromatic rings. The summed E-state index contributed by atoms with van der Waals surface area (Å²) in [7, 11) is -3.88. The molecular weight excluding hydrogens is 388 g/mol. The molecular formula is C21H22N4O3S. The van der Waals surface area contributed by atoms with Crippen molar-refractivity contribution in [3.05, 3.63) is 76.8 Å². The van der Waals surface area contributed by atoms with Crippen LogP contribution in [0.5, 0.6) is 0 Å². The number of aromatic nitrogens is 1. The van der Waals surface area contributed by atoms with Gasteiger partial charge in [0.25, 0.3) is 10.0 Å². The number of para-hydroxylation sites is 1. The van der Waals surface area contributed by atoms with Crippen LogP contribution in [0.4, 0.5) is 0 Å². The summed E-state index contributed by atoms with van der Waals surface area (Å²) in [5.74, 6) is 0.177. The number of nitrogens with zero attached hydrogens (tertiary/aromatic N) is 4. The van der Waals surface area contributed by atoms with Crippen LogP contribution in [0.15, 0.2) is 70.7 Å². The van der Waals surface area contributed by atoms with E-state index in [2.05, 4.69) is 10.0 Å². The van der Waals surface area contributed by atoms with Gasteiger partial charge in [-0.05, 0) is 61.4 Å². The van der Waals surface area contributed by atoms with E-state index in [0.717, 1.165) is 11.8 Å². The summed E-state index contributed by atoms with van der Waals surface area (Å²) in [6.07, 6.45) is 2.34. The van der Waals surface area contributed by atoms with Gasteiger partial charge in [-0.1, -0.05) is 41.5 Å². The van der Waals surface area contributed by atoms with Crippen molar-refractivity contribution >= 4 is 20.9 Å². The molecule has 2 atom stereocenters. The van der Waals surface area contributed by atoms with Gasteiger partial charge in [0.2, 0.25) is 0 Å². The van der Waals surface area contributed by atoms with Gasteiger partial charge < -0.3 is 5.11 Å². The van der Waals surface area contributed by atoms with Crippen LogP contribution in [0.25, 0.3) is 21.3 Å². The van der Waals surface area contributed by atoms with Crippen molar-refractivity contribution in [1.82, 2.24) is 3.97 Å². The molecule has 4 rings (SSSR count). The highest BCUT2D eigenvalue weighted by Crippen LogP contribution is 2.45. The first-order valence-electron chi connectivity index (χ1n) is 9.60. The first-order valence-corrected chi connectivity index (χ1v) is 11.0. The predicted octanol–water partition coefficient (Wildman–Crippen LogP) is 4.57. The molecule has 150 valence electrons. The minimum Gasteiger partial charge on any atom is -0.384 e. The molecule has 7 nitrogen and oxygen atoms in total. The Morgan fingerprint density at radius 2 is 1.90 bits per heavy atom. The third kappa shape index (κ3) is 3.51. The van der Waals surface area contributed by atoms with Crippen molar-refractivity contribution in [1.29, 1.82) is 0 Å². The maximum Gasteiger partial charge on any atom is 0.268 e. The van der Waals surface area contributed by atoms with Crippen LogP contribution in [0.2, 0.25) is 0 Å². The highest BCUT2D eigenvalue weighted by atomic mass is 32.2. The number of azide groups is 1. The highest BCUT2D eigenvalue weighted by molar-refractivity contribution is 7.90. The summed E-state index contributed by atoms with van der Waals surface area (Å²) in [6.45, 7) is 0.378. The van der Waals surface area contributed by atoms with Crippen molar-refractivity contribution in [3.8, 4) is 0 Å². The summed E-state index contributed by atoms with van der Waals surface area (Å²) >= 11 is 0.